The van der Waals surface area contributed by atoms with Gasteiger partial charge in [0, 0.05) is 6.42 Å². The third kappa shape index (κ3) is 45.6. The average Bonchev–Trinajstić information content (AvgIpc) is 3.29. The number of esters is 1. The lowest BCUT2D eigenvalue weighted by Gasteiger charge is -2.24. The summed E-state index contributed by atoms with van der Waals surface area (Å²) in [6.45, 7) is 6.32. The van der Waals surface area contributed by atoms with Crippen LogP contribution < -0.4 is 5.32 Å². The van der Waals surface area contributed by atoms with E-state index in [4.69, 9.17) is 4.74 Å². The summed E-state index contributed by atoms with van der Waals surface area (Å²) in [4.78, 5) is 26.2. The minimum atomic E-state index is -0.802. The zero-order valence-electron chi connectivity index (χ0n) is 41.9. The van der Waals surface area contributed by atoms with E-state index in [2.05, 4.69) is 111 Å². The van der Waals surface area contributed by atoms with Gasteiger partial charge in [0.25, 0.3) is 0 Å². The molecule has 0 aliphatic heterocycles. The molecule has 3 atom stereocenters. The number of amides is 1. The molecule has 0 rings (SSSR count). The number of aliphatic hydroxyl groups excluding tert-OH is 2. The van der Waals surface area contributed by atoms with Crippen molar-refractivity contribution in [2.24, 2.45) is 0 Å². The van der Waals surface area contributed by atoms with Crippen molar-refractivity contribution in [3.05, 3.63) is 85.1 Å². The van der Waals surface area contributed by atoms with Crippen molar-refractivity contribution in [3.8, 4) is 0 Å². The van der Waals surface area contributed by atoms with Crippen LogP contribution >= 0.6 is 0 Å². The summed E-state index contributed by atoms with van der Waals surface area (Å²) in [5, 5.41) is 23.8. The number of ether oxygens (including phenoxy) is 1. The molecule has 3 unspecified atom stereocenters. The van der Waals surface area contributed by atoms with Crippen molar-refractivity contribution in [2.45, 2.75) is 264 Å². The van der Waals surface area contributed by atoms with Crippen molar-refractivity contribution in [1.82, 2.24) is 5.32 Å². The summed E-state index contributed by atoms with van der Waals surface area (Å²) >= 11 is 0. The van der Waals surface area contributed by atoms with Crippen LogP contribution in [0.4, 0.5) is 0 Å². The molecule has 368 valence electrons. The lowest BCUT2D eigenvalue weighted by atomic mass is 10.0. The van der Waals surface area contributed by atoms with E-state index >= 15 is 0 Å². The Morgan fingerprint density at radius 2 is 0.906 bits per heavy atom. The Labute approximate surface area is 395 Å². The molecule has 0 heterocycles. The van der Waals surface area contributed by atoms with Crippen molar-refractivity contribution in [3.63, 3.8) is 0 Å². The van der Waals surface area contributed by atoms with Gasteiger partial charge in [0.1, 0.15) is 6.10 Å². The second-order valence-electron chi connectivity index (χ2n) is 18.0. The lowest BCUT2D eigenvalue weighted by molar-refractivity contribution is -0.151. The van der Waals surface area contributed by atoms with Crippen LogP contribution in [0.5, 0.6) is 0 Å². The SMILES string of the molecule is CC/C=C/C/C=C/C/C=C/CCCCCCC(CC(=O)NC(CO)C(O)CCCCCCCCCCCCCCC)OC(=O)CCCCCCC/C=C/C=C/C=C/C=C/CCCCC. The number of carbonyl (C=O) groups is 2. The van der Waals surface area contributed by atoms with Crippen molar-refractivity contribution < 1.29 is 24.5 Å². The molecule has 0 bridgehead atoms. The third-order valence-corrected chi connectivity index (χ3v) is 11.8. The van der Waals surface area contributed by atoms with Gasteiger partial charge in [-0.1, -0.05) is 234 Å². The van der Waals surface area contributed by atoms with Gasteiger partial charge in [-0.05, 0) is 83.5 Å². The molecule has 0 saturated heterocycles. The molecular weight excluding hydrogens is 791 g/mol. The van der Waals surface area contributed by atoms with Gasteiger partial charge in [0.15, 0.2) is 0 Å². The topological polar surface area (TPSA) is 95.9 Å². The molecule has 1 amide bonds. The molecule has 0 aliphatic carbocycles. The highest BCUT2D eigenvalue weighted by Crippen LogP contribution is 2.17. The van der Waals surface area contributed by atoms with Crippen LogP contribution in [0.2, 0.25) is 0 Å². The van der Waals surface area contributed by atoms with Gasteiger partial charge >= 0.3 is 5.97 Å². The van der Waals surface area contributed by atoms with Gasteiger partial charge in [-0.3, -0.25) is 9.59 Å². The molecule has 64 heavy (non-hydrogen) atoms. The first-order valence-corrected chi connectivity index (χ1v) is 26.9. The molecule has 0 radical (unpaired) electrons. The van der Waals surface area contributed by atoms with E-state index in [1.807, 2.05) is 0 Å². The number of unbranched alkanes of at least 4 members (excludes halogenated alkanes) is 24. The molecule has 3 N–H and O–H groups in total. The van der Waals surface area contributed by atoms with Gasteiger partial charge in [0.2, 0.25) is 5.91 Å². The summed E-state index contributed by atoms with van der Waals surface area (Å²) in [6.07, 6.45) is 66.3. The zero-order valence-corrected chi connectivity index (χ0v) is 41.9. The molecule has 0 saturated carbocycles. The number of nitrogens with one attached hydrogen (secondary N) is 1. The van der Waals surface area contributed by atoms with Gasteiger partial charge < -0.3 is 20.3 Å². The van der Waals surface area contributed by atoms with Crippen LogP contribution in [-0.2, 0) is 14.3 Å². The Morgan fingerprint density at radius 3 is 1.45 bits per heavy atom. The van der Waals surface area contributed by atoms with Crippen LogP contribution in [-0.4, -0.2) is 46.9 Å². The first-order valence-electron chi connectivity index (χ1n) is 26.9. The van der Waals surface area contributed by atoms with Crippen LogP contribution in [0.25, 0.3) is 0 Å². The normalized spacial score (nSPS) is 13.9. The largest absolute Gasteiger partial charge is 0.462 e. The van der Waals surface area contributed by atoms with E-state index in [0.717, 1.165) is 116 Å². The fourth-order valence-electron chi connectivity index (χ4n) is 7.75. The zero-order chi connectivity index (χ0) is 46.7. The number of allylic oxidation sites excluding steroid dienone is 14. The smallest absolute Gasteiger partial charge is 0.306 e. The van der Waals surface area contributed by atoms with Crippen LogP contribution in [0.15, 0.2) is 85.1 Å². The van der Waals surface area contributed by atoms with Gasteiger partial charge in [-0.15, -0.1) is 0 Å². The highest BCUT2D eigenvalue weighted by atomic mass is 16.5. The maximum atomic E-state index is 13.2. The molecule has 0 spiro atoms. The third-order valence-electron chi connectivity index (χ3n) is 11.8. The first-order chi connectivity index (χ1) is 31.5. The Balaban J connectivity index is 4.66. The van der Waals surface area contributed by atoms with E-state index in [1.54, 1.807) is 0 Å². The summed E-state index contributed by atoms with van der Waals surface area (Å²) in [5.74, 6) is -0.525. The number of carbonyl (C=O) groups excluding carboxylic acids is 2. The van der Waals surface area contributed by atoms with E-state index in [1.165, 1.54) is 83.5 Å². The summed E-state index contributed by atoms with van der Waals surface area (Å²) in [7, 11) is 0. The summed E-state index contributed by atoms with van der Waals surface area (Å²) in [6, 6.07) is -0.718. The standard InChI is InChI=1S/C58H101NO5/c1-4-7-10-13-16-19-22-25-27-28-29-30-33-36-39-42-45-48-51-58(63)64-54(49-46-43-40-37-34-32-26-23-20-17-14-11-8-5-2)52-57(62)59-55(53-60)56(61)50-47-44-41-38-35-31-24-21-18-15-12-9-6-3/h8,11,16-17,19-20,22,25-30,32,54-56,60-61H,4-7,9-10,12-15,18,21,23-24,31,33-53H2,1-3H3,(H,59,62)/b11-8+,19-16+,20-17+,25-22+,28-27+,30-29+,32-26+. The molecule has 6 heteroatoms. The number of hydrogen-bond acceptors (Lipinski definition) is 5. The lowest BCUT2D eigenvalue weighted by Crippen LogP contribution is -2.46. The second kappa shape index (κ2) is 51.0. The molecule has 6 nitrogen and oxygen atoms in total. The Hall–Kier alpha value is -2.96. The van der Waals surface area contributed by atoms with Crippen LogP contribution in [0, 0.1) is 0 Å². The first kappa shape index (κ1) is 61.0. The Kier molecular flexibility index (Phi) is 48.7. The molecular formula is C58H101NO5. The highest BCUT2D eigenvalue weighted by Gasteiger charge is 2.24. The van der Waals surface area contributed by atoms with Gasteiger partial charge in [-0.25, -0.2) is 0 Å². The summed E-state index contributed by atoms with van der Waals surface area (Å²) in [5.41, 5.74) is 0. The van der Waals surface area contributed by atoms with Crippen LogP contribution in [0.1, 0.15) is 245 Å². The minimum Gasteiger partial charge on any atom is -0.462 e. The van der Waals surface area contributed by atoms with Crippen molar-refractivity contribution in [1.29, 1.82) is 0 Å². The Bertz CT molecular complexity index is 1230. The highest BCUT2D eigenvalue weighted by molar-refractivity contribution is 5.77. The van der Waals surface area contributed by atoms with Crippen molar-refractivity contribution in [2.75, 3.05) is 6.61 Å². The monoisotopic (exact) mass is 892 g/mol. The average molecular weight is 892 g/mol. The fourth-order valence-corrected chi connectivity index (χ4v) is 7.75. The molecule has 0 aliphatic rings. The summed E-state index contributed by atoms with van der Waals surface area (Å²) < 4.78 is 5.93. The van der Waals surface area contributed by atoms with Gasteiger partial charge in [-0.2, -0.15) is 0 Å². The number of hydrogen-bond donors (Lipinski definition) is 3. The predicted molar refractivity (Wildman–Crippen MR) is 278 cm³/mol. The number of rotatable bonds is 47. The number of aliphatic hydroxyl groups is 2. The maximum absolute atomic E-state index is 13.2. The van der Waals surface area contributed by atoms with Crippen molar-refractivity contribution >= 4 is 11.9 Å². The van der Waals surface area contributed by atoms with E-state index in [9.17, 15) is 19.8 Å². The fraction of sp³-hybridized carbons (Fsp3) is 0.724. The molecule has 0 fully saturated rings. The van der Waals surface area contributed by atoms with E-state index in [0.29, 0.717) is 19.3 Å². The maximum Gasteiger partial charge on any atom is 0.306 e. The Morgan fingerprint density at radius 1 is 0.484 bits per heavy atom. The second-order valence-corrected chi connectivity index (χ2v) is 18.0. The van der Waals surface area contributed by atoms with Crippen LogP contribution in [0.3, 0.4) is 0 Å². The van der Waals surface area contributed by atoms with E-state index < -0.39 is 18.2 Å². The minimum absolute atomic E-state index is 0.0490. The quantitative estimate of drug-likeness (QED) is 0.0245. The van der Waals surface area contributed by atoms with E-state index in [-0.39, 0.29) is 24.9 Å². The molecule has 0 aromatic rings. The molecule has 0 aromatic heterocycles. The predicted octanol–water partition coefficient (Wildman–Crippen LogP) is 16.3. The van der Waals surface area contributed by atoms with Gasteiger partial charge in [0.05, 0.1) is 25.2 Å². The molecule has 0 aromatic carbocycles.